The van der Waals surface area contributed by atoms with Gasteiger partial charge < -0.3 is 10.6 Å². The number of benzene rings is 1. The summed E-state index contributed by atoms with van der Waals surface area (Å²) in [4.78, 5) is 2.20. The maximum absolute atomic E-state index is 13.1. The third-order valence-electron chi connectivity index (χ3n) is 3.86. The first kappa shape index (κ1) is 13.4. The molecule has 2 nitrogen and oxygen atoms in total. The fraction of sp³-hybridized carbons (Fsp3) is 0.571. The van der Waals surface area contributed by atoms with E-state index in [1.165, 1.54) is 18.9 Å². The zero-order valence-electron chi connectivity index (χ0n) is 10.9. The molecule has 0 saturated heterocycles. The van der Waals surface area contributed by atoms with Crippen LogP contribution in [0.3, 0.4) is 0 Å². The van der Waals surface area contributed by atoms with Gasteiger partial charge >= 0.3 is 0 Å². The van der Waals surface area contributed by atoms with Crippen LogP contribution in [0, 0.1) is 17.6 Å². The lowest BCUT2D eigenvalue weighted by Crippen LogP contribution is -2.36. The summed E-state index contributed by atoms with van der Waals surface area (Å²) >= 11 is 0. The van der Waals surface area contributed by atoms with Crippen molar-refractivity contribution < 1.29 is 8.78 Å². The van der Waals surface area contributed by atoms with Gasteiger partial charge in [-0.15, -0.1) is 0 Å². The molecular formula is C14H20F2N2. The first-order valence-corrected chi connectivity index (χ1v) is 6.40. The van der Waals surface area contributed by atoms with Crippen LogP contribution in [0.1, 0.15) is 31.4 Å². The molecule has 2 N–H and O–H groups in total. The maximum atomic E-state index is 13.1. The molecule has 1 fully saturated rings. The Kier molecular flexibility index (Phi) is 3.97. The SMILES string of the molecule is CC(C1CC1)N(C)CC(N)c1ccc(F)c(F)c1. The van der Waals surface area contributed by atoms with E-state index < -0.39 is 11.6 Å². The molecule has 0 radical (unpaired) electrons. The van der Waals surface area contributed by atoms with Crippen LogP contribution in [-0.4, -0.2) is 24.5 Å². The highest BCUT2D eigenvalue weighted by Crippen LogP contribution is 2.35. The molecule has 1 aromatic rings. The highest BCUT2D eigenvalue weighted by atomic mass is 19.2. The Labute approximate surface area is 107 Å². The van der Waals surface area contributed by atoms with Gasteiger partial charge in [-0.25, -0.2) is 8.78 Å². The third-order valence-corrected chi connectivity index (χ3v) is 3.86. The van der Waals surface area contributed by atoms with Crippen molar-refractivity contribution in [2.75, 3.05) is 13.6 Å². The minimum atomic E-state index is -0.833. The van der Waals surface area contributed by atoms with Crippen LogP contribution in [0.2, 0.25) is 0 Å². The second-order valence-electron chi connectivity index (χ2n) is 5.30. The van der Waals surface area contributed by atoms with E-state index in [9.17, 15) is 8.78 Å². The first-order valence-electron chi connectivity index (χ1n) is 6.40. The van der Waals surface area contributed by atoms with Crippen LogP contribution < -0.4 is 5.73 Å². The van der Waals surface area contributed by atoms with Crippen LogP contribution in [0.15, 0.2) is 18.2 Å². The van der Waals surface area contributed by atoms with Gasteiger partial charge in [0.1, 0.15) is 0 Å². The largest absolute Gasteiger partial charge is 0.323 e. The molecule has 2 atom stereocenters. The fourth-order valence-corrected chi connectivity index (χ4v) is 2.26. The van der Waals surface area contributed by atoms with Gasteiger partial charge in [0.25, 0.3) is 0 Å². The number of nitrogens with zero attached hydrogens (tertiary/aromatic N) is 1. The quantitative estimate of drug-likeness (QED) is 0.875. The highest BCUT2D eigenvalue weighted by molar-refractivity contribution is 5.21. The second-order valence-corrected chi connectivity index (χ2v) is 5.30. The molecule has 0 amide bonds. The summed E-state index contributed by atoms with van der Waals surface area (Å²) in [6, 6.07) is 4.09. The lowest BCUT2D eigenvalue weighted by atomic mass is 10.1. The molecule has 18 heavy (non-hydrogen) atoms. The average molecular weight is 254 g/mol. The van der Waals surface area contributed by atoms with E-state index >= 15 is 0 Å². The number of hydrogen-bond donors (Lipinski definition) is 1. The molecular weight excluding hydrogens is 234 g/mol. The van der Waals surface area contributed by atoms with Gasteiger partial charge in [0, 0.05) is 18.6 Å². The van der Waals surface area contributed by atoms with Crippen molar-refractivity contribution in [1.82, 2.24) is 4.90 Å². The van der Waals surface area contributed by atoms with E-state index in [-0.39, 0.29) is 6.04 Å². The number of rotatable bonds is 5. The normalized spacial score (nSPS) is 19.0. The van der Waals surface area contributed by atoms with Gasteiger partial charge in [-0.2, -0.15) is 0 Å². The van der Waals surface area contributed by atoms with Crippen LogP contribution in [-0.2, 0) is 0 Å². The topological polar surface area (TPSA) is 29.3 Å². The molecule has 0 bridgehead atoms. The third kappa shape index (κ3) is 3.06. The summed E-state index contributed by atoms with van der Waals surface area (Å²) < 4.78 is 26.0. The van der Waals surface area contributed by atoms with Gasteiger partial charge in [0.05, 0.1) is 0 Å². The summed E-state index contributed by atoms with van der Waals surface area (Å²) in [5.74, 6) is -0.890. The molecule has 1 aliphatic carbocycles. The van der Waals surface area contributed by atoms with Gasteiger partial charge in [-0.05, 0) is 50.4 Å². The minimum absolute atomic E-state index is 0.286. The number of halogens is 2. The zero-order chi connectivity index (χ0) is 13.3. The lowest BCUT2D eigenvalue weighted by Gasteiger charge is -2.27. The molecule has 0 aliphatic heterocycles. The van der Waals surface area contributed by atoms with Crippen molar-refractivity contribution in [2.24, 2.45) is 11.7 Å². The molecule has 1 aromatic carbocycles. The number of likely N-dealkylation sites (N-methyl/N-ethyl adjacent to an activating group) is 1. The van der Waals surface area contributed by atoms with E-state index in [0.29, 0.717) is 18.2 Å². The Morgan fingerprint density at radius 3 is 2.56 bits per heavy atom. The van der Waals surface area contributed by atoms with Crippen molar-refractivity contribution in [3.05, 3.63) is 35.4 Å². The molecule has 2 rings (SSSR count). The van der Waals surface area contributed by atoms with E-state index in [1.54, 1.807) is 6.07 Å². The number of hydrogen-bond acceptors (Lipinski definition) is 2. The minimum Gasteiger partial charge on any atom is -0.323 e. The van der Waals surface area contributed by atoms with Gasteiger partial charge in [-0.3, -0.25) is 0 Å². The van der Waals surface area contributed by atoms with Crippen molar-refractivity contribution in [2.45, 2.75) is 31.8 Å². The van der Waals surface area contributed by atoms with Crippen LogP contribution in [0.25, 0.3) is 0 Å². The summed E-state index contributed by atoms with van der Waals surface area (Å²) in [6.07, 6.45) is 2.57. The van der Waals surface area contributed by atoms with Gasteiger partial charge in [0.15, 0.2) is 11.6 Å². The highest BCUT2D eigenvalue weighted by Gasteiger charge is 2.30. The fourth-order valence-electron chi connectivity index (χ4n) is 2.26. The standard InChI is InChI=1S/C14H20F2N2/c1-9(10-3-4-10)18(2)8-14(17)11-5-6-12(15)13(16)7-11/h5-7,9-10,14H,3-4,8,17H2,1-2H3. The Balaban J connectivity index is 1.97. The Morgan fingerprint density at radius 2 is 2.00 bits per heavy atom. The lowest BCUT2D eigenvalue weighted by molar-refractivity contribution is 0.221. The first-order chi connectivity index (χ1) is 8.49. The molecule has 0 spiro atoms. The summed E-state index contributed by atoms with van der Waals surface area (Å²) in [5, 5.41) is 0. The van der Waals surface area contributed by atoms with Gasteiger partial charge in [-0.1, -0.05) is 6.07 Å². The predicted molar refractivity (Wildman–Crippen MR) is 68.1 cm³/mol. The number of nitrogens with two attached hydrogens (primary N) is 1. The smallest absolute Gasteiger partial charge is 0.159 e. The van der Waals surface area contributed by atoms with E-state index in [2.05, 4.69) is 11.8 Å². The molecule has 0 aromatic heterocycles. The van der Waals surface area contributed by atoms with Crippen molar-refractivity contribution in [3.63, 3.8) is 0 Å². The molecule has 0 heterocycles. The van der Waals surface area contributed by atoms with Gasteiger partial charge in [0.2, 0.25) is 0 Å². The van der Waals surface area contributed by atoms with Crippen LogP contribution in [0.4, 0.5) is 8.78 Å². The molecule has 1 aliphatic rings. The van der Waals surface area contributed by atoms with E-state index in [4.69, 9.17) is 5.73 Å². The maximum Gasteiger partial charge on any atom is 0.159 e. The molecule has 100 valence electrons. The molecule has 4 heteroatoms. The average Bonchev–Trinajstić information content (AvgIpc) is 3.15. The summed E-state index contributed by atoms with van der Waals surface area (Å²) in [7, 11) is 2.03. The van der Waals surface area contributed by atoms with Crippen LogP contribution in [0.5, 0.6) is 0 Å². The summed E-state index contributed by atoms with van der Waals surface area (Å²) in [5.41, 5.74) is 6.68. The molecule has 2 unspecified atom stereocenters. The van der Waals surface area contributed by atoms with Crippen molar-refractivity contribution in [3.8, 4) is 0 Å². The second kappa shape index (κ2) is 5.33. The van der Waals surface area contributed by atoms with Crippen molar-refractivity contribution in [1.29, 1.82) is 0 Å². The van der Waals surface area contributed by atoms with Crippen molar-refractivity contribution >= 4 is 0 Å². The molecule has 1 saturated carbocycles. The predicted octanol–water partition coefficient (Wildman–Crippen LogP) is 2.69. The van der Waals surface area contributed by atoms with E-state index in [1.807, 2.05) is 7.05 Å². The Hall–Kier alpha value is -1.00. The Morgan fingerprint density at radius 1 is 1.33 bits per heavy atom. The van der Waals surface area contributed by atoms with E-state index in [0.717, 1.165) is 12.0 Å². The van der Waals surface area contributed by atoms with Crippen LogP contribution >= 0.6 is 0 Å². The zero-order valence-corrected chi connectivity index (χ0v) is 10.9. The Bertz CT molecular complexity index is 418. The monoisotopic (exact) mass is 254 g/mol. The summed E-state index contributed by atoms with van der Waals surface area (Å²) in [6.45, 7) is 2.85.